The summed E-state index contributed by atoms with van der Waals surface area (Å²) in [6.45, 7) is 1.83. The third kappa shape index (κ3) is 3.95. The minimum atomic E-state index is -1.16. The van der Waals surface area contributed by atoms with E-state index in [1.54, 1.807) is 24.3 Å². The predicted octanol–water partition coefficient (Wildman–Crippen LogP) is 3.55. The van der Waals surface area contributed by atoms with E-state index in [0.29, 0.717) is 16.9 Å². The Morgan fingerprint density at radius 1 is 1.12 bits per heavy atom. The maximum absolute atomic E-state index is 11.7. The van der Waals surface area contributed by atoms with E-state index in [0.717, 1.165) is 5.56 Å². The number of hydrogen-bond donors (Lipinski definition) is 1. The van der Waals surface area contributed by atoms with Gasteiger partial charge in [-0.3, -0.25) is 10.1 Å². The van der Waals surface area contributed by atoms with E-state index in [-0.39, 0.29) is 17.0 Å². The third-order valence-electron chi connectivity index (χ3n) is 3.59. The van der Waals surface area contributed by atoms with Crippen molar-refractivity contribution in [1.82, 2.24) is 0 Å². The fourth-order valence-corrected chi connectivity index (χ4v) is 2.39. The van der Waals surface area contributed by atoms with Gasteiger partial charge in [-0.05, 0) is 36.8 Å². The Labute approximate surface area is 144 Å². The molecule has 0 heterocycles. The Morgan fingerprint density at radius 2 is 1.76 bits per heavy atom. The van der Waals surface area contributed by atoms with Crippen molar-refractivity contribution >= 4 is 23.3 Å². The van der Waals surface area contributed by atoms with Gasteiger partial charge in [0.05, 0.1) is 24.7 Å². The van der Waals surface area contributed by atoms with Gasteiger partial charge < -0.3 is 14.6 Å². The van der Waals surface area contributed by atoms with E-state index >= 15 is 0 Å². The second-order valence-corrected chi connectivity index (χ2v) is 5.26. The molecule has 0 radical (unpaired) electrons. The van der Waals surface area contributed by atoms with Crippen LogP contribution in [0, 0.1) is 17.0 Å². The molecule has 0 saturated carbocycles. The van der Waals surface area contributed by atoms with Crippen LogP contribution in [-0.4, -0.2) is 30.2 Å². The summed E-state index contributed by atoms with van der Waals surface area (Å²) in [5.74, 6) is -0.656. The van der Waals surface area contributed by atoms with Crippen molar-refractivity contribution in [2.75, 3.05) is 14.2 Å². The topological polar surface area (TPSA) is 98.9 Å². The fourth-order valence-electron chi connectivity index (χ4n) is 2.39. The number of ether oxygens (including phenoxy) is 2. The molecule has 25 heavy (non-hydrogen) atoms. The predicted molar refractivity (Wildman–Crippen MR) is 92.9 cm³/mol. The lowest BCUT2D eigenvalue weighted by Gasteiger charge is -2.11. The molecular weight excluding hydrogens is 326 g/mol. The first kappa shape index (κ1) is 18.0. The monoisotopic (exact) mass is 343 g/mol. The summed E-state index contributed by atoms with van der Waals surface area (Å²) in [6, 6.07) is 9.42. The maximum Gasteiger partial charge on any atom is 0.336 e. The highest BCUT2D eigenvalue weighted by Crippen LogP contribution is 2.32. The average molecular weight is 343 g/mol. The van der Waals surface area contributed by atoms with Gasteiger partial charge in [-0.25, -0.2) is 4.79 Å². The zero-order chi connectivity index (χ0) is 18.6. The van der Waals surface area contributed by atoms with Crippen LogP contribution in [0.5, 0.6) is 11.5 Å². The van der Waals surface area contributed by atoms with Crippen LogP contribution in [0.1, 0.15) is 16.7 Å². The summed E-state index contributed by atoms with van der Waals surface area (Å²) in [6.07, 6.45) is 1.37. The molecule has 1 N–H and O–H groups in total. The summed E-state index contributed by atoms with van der Waals surface area (Å²) in [5.41, 5.74) is 1.36. The van der Waals surface area contributed by atoms with E-state index in [2.05, 4.69) is 0 Å². The summed E-state index contributed by atoms with van der Waals surface area (Å²) in [4.78, 5) is 22.3. The molecular formula is C18H17NO6. The van der Waals surface area contributed by atoms with E-state index in [9.17, 15) is 20.0 Å². The number of aryl methyl sites for hydroxylation is 1. The molecule has 2 aromatic carbocycles. The Hall–Kier alpha value is -3.35. The van der Waals surface area contributed by atoms with Crippen molar-refractivity contribution in [3.05, 3.63) is 63.2 Å². The lowest BCUT2D eigenvalue weighted by molar-refractivity contribution is -0.385. The molecule has 0 unspecified atom stereocenters. The fraction of sp³-hybridized carbons (Fsp3) is 0.167. The molecule has 0 spiro atoms. The first-order valence-electron chi connectivity index (χ1n) is 7.29. The van der Waals surface area contributed by atoms with Crippen molar-refractivity contribution in [3.8, 4) is 11.5 Å². The van der Waals surface area contributed by atoms with E-state index < -0.39 is 10.9 Å². The largest absolute Gasteiger partial charge is 0.496 e. The van der Waals surface area contributed by atoms with Gasteiger partial charge in [0.1, 0.15) is 5.75 Å². The van der Waals surface area contributed by atoms with E-state index in [1.165, 1.54) is 32.4 Å². The van der Waals surface area contributed by atoms with Crippen molar-refractivity contribution in [2.24, 2.45) is 0 Å². The number of benzene rings is 2. The standard InChI is InChI=1S/C18H17NO6/c1-11-4-6-16(24-2)13(8-11)14(18(20)21)9-12-5-7-17(25-3)15(10-12)19(22)23/h4-10H,1-3H3,(H,20,21)/b14-9-. The second-order valence-electron chi connectivity index (χ2n) is 5.26. The molecule has 130 valence electrons. The lowest BCUT2D eigenvalue weighted by atomic mass is 9.99. The zero-order valence-electron chi connectivity index (χ0n) is 14.0. The average Bonchev–Trinajstić information content (AvgIpc) is 2.59. The van der Waals surface area contributed by atoms with Gasteiger partial charge in [0.2, 0.25) is 0 Å². The molecule has 0 bridgehead atoms. The quantitative estimate of drug-likeness (QED) is 0.373. The zero-order valence-corrected chi connectivity index (χ0v) is 14.0. The SMILES string of the molecule is COc1ccc(C)cc1/C(=C/c1ccc(OC)c([N+](=O)[O-])c1)C(=O)O. The molecule has 0 aliphatic rings. The number of aliphatic carboxylic acids is 1. The van der Waals surface area contributed by atoms with Crippen LogP contribution in [-0.2, 0) is 4.79 Å². The molecule has 0 amide bonds. The Morgan fingerprint density at radius 3 is 2.32 bits per heavy atom. The van der Waals surface area contributed by atoms with E-state index in [4.69, 9.17) is 9.47 Å². The highest BCUT2D eigenvalue weighted by molar-refractivity contribution is 6.21. The number of nitro benzene ring substituents is 1. The van der Waals surface area contributed by atoms with Crippen molar-refractivity contribution in [1.29, 1.82) is 0 Å². The van der Waals surface area contributed by atoms with Crippen LogP contribution in [0.3, 0.4) is 0 Å². The number of nitro groups is 1. The molecule has 2 rings (SSSR count). The Balaban J connectivity index is 2.63. The maximum atomic E-state index is 11.7. The van der Waals surface area contributed by atoms with Gasteiger partial charge in [0.25, 0.3) is 0 Å². The minimum Gasteiger partial charge on any atom is -0.496 e. The normalized spacial score (nSPS) is 11.1. The molecule has 0 aliphatic heterocycles. The van der Waals surface area contributed by atoms with Gasteiger partial charge >= 0.3 is 11.7 Å². The summed E-state index contributed by atoms with van der Waals surface area (Å²) in [5, 5.41) is 20.7. The molecule has 0 fully saturated rings. The molecule has 0 atom stereocenters. The summed E-state index contributed by atoms with van der Waals surface area (Å²) >= 11 is 0. The highest BCUT2D eigenvalue weighted by atomic mass is 16.6. The number of carboxylic acid groups (broad SMARTS) is 1. The van der Waals surface area contributed by atoms with Gasteiger partial charge in [-0.15, -0.1) is 0 Å². The number of carboxylic acids is 1. The van der Waals surface area contributed by atoms with Crippen LogP contribution in [0.4, 0.5) is 5.69 Å². The van der Waals surface area contributed by atoms with Gasteiger partial charge in [-0.2, -0.15) is 0 Å². The first-order valence-corrected chi connectivity index (χ1v) is 7.29. The molecule has 0 saturated heterocycles. The summed E-state index contributed by atoms with van der Waals surface area (Å²) < 4.78 is 10.2. The number of rotatable bonds is 6. The molecule has 7 nitrogen and oxygen atoms in total. The van der Waals surface area contributed by atoms with Crippen molar-refractivity contribution in [2.45, 2.75) is 6.92 Å². The smallest absolute Gasteiger partial charge is 0.336 e. The number of hydrogen-bond acceptors (Lipinski definition) is 5. The lowest BCUT2D eigenvalue weighted by Crippen LogP contribution is -2.02. The van der Waals surface area contributed by atoms with Crippen LogP contribution in [0.2, 0.25) is 0 Å². The van der Waals surface area contributed by atoms with Crippen LogP contribution < -0.4 is 9.47 Å². The number of methoxy groups -OCH3 is 2. The van der Waals surface area contributed by atoms with E-state index in [1.807, 2.05) is 6.92 Å². The highest BCUT2D eigenvalue weighted by Gasteiger charge is 2.18. The molecule has 7 heteroatoms. The first-order chi connectivity index (χ1) is 11.9. The molecule has 2 aromatic rings. The van der Waals surface area contributed by atoms with Gasteiger partial charge in [-0.1, -0.05) is 17.7 Å². The number of nitrogens with zero attached hydrogens (tertiary/aromatic N) is 1. The Kier molecular flexibility index (Phi) is 5.38. The van der Waals surface area contributed by atoms with Crippen LogP contribution in [0.25, 0.3) is 11.6 Å². The van der Waals surface area contributed by atoms with Crippen molar-refractivity contribution in [3.63, 3.8) is 0 Å². The van der Waals surface area contributed by atoms with Crippen LogP contribution in [0.15, 0.2) is 36.4 Å². The van der Waals surface area contributed by atoms with Gasteiger partial charge in [0, 0.05) is 11.6 Å². The second kappa shape index (κ2) is 7.48. The molecule has 0 aliphatic carbocycles. The molecule has 0 aromatic heterocycles. The van der Waals surface area contributed by atoms with Crippen molar-refractivity contribution < 1.29 is 24.3 Å². The minimum absolute atomic E-state index is 0.0278. The van der Waals surface area contributed by atoms with Gasteiger partial charge in [0.15, 0.2) is 5.75 Å². The number of carbonyl (C=O) groups is 1. The third-order valence-corrected chi connectivity index (χ3v) is 3.59. The Bertz CT molecular complexity index is 857. The van der Waals surface area contributed by atoms with Crippen LogP contribution >= 0.6 is 0 Å². The summed E-state index contributed by atoms with van der Waals surface area (Å²) in [7, 11) is 2.78.